The molecule has 8 heteroatoms. The van der Waals surface area contributed by atoms with Gasteiger partial charge < -0.3 is 10.1 Å². The van der Waals surface area contributed by atoms with Gasteiger partial charge in [0, 0.05) is 12.2 Å². The Morgan fingerprint density at radius 1 is 1.07 bits per heavy atom. The summed E-state index contributed by atoms with van der Waals surface area (Å²) < 4.78 is 32.5. The topological polar surface area (TPSA) is 92.8 Å². The number of ether oxygens (including phenoxy) is 1. The summed E-state index contributed by atoms with van der Waals surface area (Å²) in [6.45, 7) is 4.20. The number of nitrogens with one attached hydrogen (secondary N) is 1. The second-order valence-electron chi connectivity index (χ2n) is 7.23. The highest BCUT2D eigenvalue weighted by Crippen LogP contribution is 2.26. The van der Waals surface area contributed by atoms with Crippen molar-refractivity contribution in [3.8, 4) is 0 Å². The van der Waals surface area contributed by atoms with Crippen molar-refractivity contribution in [3.63, 3.8) is 0 Å². The number of aryl methyl sites for hydroxylation is 1. The lowest BCUT2D eigenvalue weighted by atomic mass is 10.0. The molecule has 1 atom stereocenters. The molecule has 1 heterocycles. The van der Waals surface area contributed by atoms with Crippen LogP contribution in [0.2, 0.25) is 0 Å². The van der Waals surface area contributed by atoms with Crippen LogP contribution in [0.1, 0.15) is 42.1 Å². The summed E-state index contributed by atoms with van der Waals surface area (Å²) in [5.41, 5.74) is 1.84. The Morgan fingerprint density at radius 3 is 2.37 bits per heavy atom. The highest BCUT2D eigenvalue weighted by Gasteiger charge is 2.37. The second-order valence-corrected chi connectivity index (χ2v) is 9.12. The summed E-state index contributed by atoms with van der Waals surface area (Å²) in [5.74, 6) is -0.813. The minimum atomic E-state index is -3.78. The molecule has 1 aliphatic rings. The van der Waals surface area contributed by atoms with E-state index in [1.54, 1.807) is 55.5 Å². The third kappa shape index (κ3) is 4.88. The second kappa shape index (κ2) is 9.40. The van der Waals surface area contributed by atoms with Crippen LogP contribution in [0.15, 0.2) is 53.4 Å². The summed E-state index contributed by atoms with van der Waals surface area (Å²) in [6, 6.07) is 12.2. The fraction of sp³-hybridized carbons (Fsp3) is 0.364. The van der Waals surface area contributed by atoms with E-state index >= 15 is 0 Å². The maximum Gasteiger partial charge on any atom is 0.338 e. The van der Waals surface area contributed by atoms with E-state index in [9.17, 15) is 18.0 Å². The van der Waals surface area contributed by atoms with E-state index in [1.807, 2.05) is 6.92 Å². The maximum absolute atomic E-state index is 13.1. The molecule has 0 bridgehead atoms. The zero-order valence-electron chi connectivity index (χ0n) is 17.1. The van der Waals surface area contributed by atoms with Crippen LogP contribution in [0.4, 0.5) is 5.69 Å². The number of amides is 1. The van der Waals surface area contributed by atoms with Crippen LogP contribution in [0.5, 0.6) is 0 Å². The zero-order chi connectivity index (χ0) is 21.7. The molecule has 1 saturated heterocycles. The Balaban J connectivity index is 1.76. The first-order chi connectivity index (χ1) is 14.3. The summed E-state index contributed by atoms with van der Waals surface area (Å²) in [5, 5.41) is 2.78. The van der Waals surface area contributed by atoms with Gasteiger partial charge in [0.2, 0.25) is 15.9 Å². The molecule has 0 aliphatic carbocycles. The van der Waals surface area contributed by atoms with Crippen LogP contribution in [-0.2, 0) is 19.6 Å². The van der Waals surface area contributed by atoms with Crippen molar-refractivity contribution in [2.24, 2.45) is 0 Å². The number of piperidine rings is 1. The van der Waals surface area contributed by atoms with Gasteiger partial charge in [0.15, 0.2) is 0 Å². The molecule has 0 spiro atoms. The standard InChI is InChI=1S/C22H26N2O5S/c1-3-29-22(26)17-9-11-18(12-10-17)23-21(25)20-6-4-5-15-24(20)30(27,28)19-13-7-16(2)8-14-19/h7-14,20H,3-6,15H2,1-2H3,(H,23,25). The molecule has 30 heavy (non-hydrogen) atoms. The van der Waals surface area contributed by atoms with E-state index in [2.05, 4.69) is 5.32 Å². The van der Waals surface area contributed by atoms with Crippen molar-refractivity contribution in [3.05, 3.63) is 59.7 Å². The largest absolute Gasteiger partial charge is 0.462 e. The predicted octanol–water partition coefficient (Wildman–Crippen LogP) is 3.35. The lowest BCUT2D eigenvalue weighted by molar-refractivity contribution is -0.120. The summed E-state index contributed by atoms with van der Waals surface area (Å²) in [4.78, 5) is 24.9. The highest BCUT2D eigenvalue weighted by atomic mass is 32.2. The van der Waals surface area contributed by atoms with Crippen LogP contribution in [0.25, 0.3) is 0 Å². The van der Waals surface area contributed by atoms with Gasteiger partial charge in [-0.2, -0.15) is 4.31 Å². The SMILES string of the molecule is CCOC(=O)c1ccc(NC(=O)C2CCCCN2S(=O)(=O)c2ccc(C)cc2)cc1. The highest BCUT2D eigenvalue weighted by molar-refractivity contribution is 7.89. The Hall–Kier alpha value is -2.71. The predicted molar refractivity (Wildman–Crippen MR) is 114 cm³/mol. The lowest BCUT2D eigenvalue weighted by Gasteiger charge is -2.33. The van der Waals surface area contributed by atoms with Crippen LogP contribution in [-0.4, -0.2) is 43.8 Å². The molecule has 1 aliphatic heterocycles. The van der Waals surface area contributed by atoms with Gasteiger partial charge in [-0.3, -0.25) is 4.79 Å². The molecule has 0 saturated carbocycles. The Bertz CT molecular complexity index is 1000. The fourth-order valence-corrected chi connectivity index (χ4v) is 5.09. The Kier molecular flexibility index (Phi) is 6.89. The average molecular weight is 431 g/mol. The van der Waals surface area contributed by atoms with E-state index in [1.165, 1.54) is 4.31 Å². The van der Waals surface area contributed by atoms with Gasteiger partial charge in [-0.1, -0.05) is 24.1 Å². The zero-order valence-corrected chi connectivity index (χ0v) is 17.9. The molecular formula is C22H26N2O5S. The number of carbonyl (C=O) groups is 2. The van der Waals surface area contributed by atoms with Gasteiger partial charge >= 0.3 is 5.97 Å². The van der Waals surface area contributed by atoms with E-state index < -0.39 is 22.0 Å². The van der Waals surface area contributed by atoms with Gasteiger partial charge in [-0.25, -0.2) is 13.2 Å². The first-order valence-corrected chi connectivity index (χ1v) is 11.4. The van der Waals surface area contributed by atoms with Crippen LogP contribution in [0.3, 0.4) is 0 Å². The van der Waals surface area contributed by atoms with E-state index in [0.717, 1.165) is 12.0 Å². The van der Waals surface area contributed by atoms with Crippen LogP contribution < -0.4 is 5.32 Å². The normalized spacial score (nSPS) is 17.3. The van der Waals surface area contributed by atoms with Gasteiger partial charge in [0.05, 0.1) is 17.1 Å². The number of nitrogens with zero attached hydrogens (tertiary/aromatic N) is 1. The number of sulfonamides is 1. The van der Waals surface area contributed by atoms with Gasteiger partial charge in [-0.05, 0) is 63.1 Å². The summed E-state index contributed by atoms with van der Waals surface area (Å²) in [6.07, 6.45) is 1.95. The monoisotopic (exact) mass is 430 g/mol. The summed E-state index contributed by atoms with van der Waals surface area (Å²) in [7, 11) is -3.78. The van der Waals surface area contributed by atoms with Crippen molar-refractivity contribution in [2.45, 2.75) is 44.0 Å². The van der Waals surface area contributed by atoms with Crippen molar-refractivity contribution in [1.29, 1.82) is 0 Å². The number of hydrogen-bond acceptors (Lipinski definition) is 5. The van der Waals surface area contributed by atoms with Crippen molar-refractivity contribution >= 4 is 27.6 Å². The van der Waals surface area contributed by atoms with E-state index in [0.29, 0.717) is 30.6 Å². The Morgan fingerprint density at radius 2 is 1.73 bits per heavy atom. The third-order valence-electron chi connectivity index (χ3n) is 5.05. The Labute approximate surface area is 177 Å². The number of carbonyl (C=O) groups excluding carboxylic acids is 2. The number of anilines is 1. The van der Waals surface area contributed by atoms with Crippen LogP contribution in [0, 0.1) is 6.92 Å². The molecule has 7 nitrogen and oxygen atoms in total. The van der Waals surface area contributed by atoms with E-state index in [4.69, 9.17) is 4.74 Å². The van der Waals surface area contributed by atoms with Crippen LogP contribution >= 0.6 is 0 Å². The molecule has 160 valence electrons. The minimum Gasteiger partial charge on any atom is -0.462 e. The number of hydrogen-bond donors (Lipinski definition) is 1. The molecular weight excluding hydrogens is 404 g/mol. The molecule has 1 unspecified atom stereocenters. The van der Waals surface area contributed by atoms with Gasteiger partial charge in [-0.15, -0.1) is 0 Å². The molecule has 1 N–H and O–H groups in total. The number of benzene rings is 2. The smallest absolute Gasteiger partial charge is 0.338 e. The number of rotatable bonds is 6. The first-order valence-electron chi connectivity index (χ1n) is 9.99. The molecule has 0 radical (unpaired) electrons. The molecule has 2 aromatic rings. The first kappa shape index (κ1) is 22.0. The molecule has 0 aromatic heterocycles. The summed E-state index contributed by atoms with van der Waals surface area (Å²) >= 11 is 0. The van der Waals surface area contributed by atoms with Crippen molar-refractivity contribution < 1.29 is 22.7 Å². The maximum atomic E-state index is 13.1. The lowest BCUT2D eigenvalue weighted by Crippen LogP contribution is -2.49. The molecule has 1 fully saturated rings. The fourth-order valence-electron chi connectivity index (χ4n) is 3.43. The van der Waals surface area contributed by atoms with Crippen molar-refractivity contribution in [1.82, 2.24) is 4.31 Å². The molecule has 1 amide bonds. The average Bonchev–Trinajstić information content (AvgIpc) is 2.74. The van der Waals surface area contributed by atoms with E-state index in [-0.39, 0.29) is 17.4 Å². The molecule has 3 rings (SSSR count). The minimum absolute atomic E-state index is 0.187. The number of esters is 1. The quantitative estimate of drug-likeness (QED) is 0.710. The van der Waals surface area contributed by atoms with Gasteiger partial charge in [0.1, 0.15) is 6.04 Å². The van der Waals surface area contributed by atoms with Crippen molar-refractivity contribution in [2.75, 3.05) is 18.5 Å². The third-order valence-corrected chi connectivity index (χ3v) is 6.97. The van der Waals surface area contributed by atoms with Gasteiger partial charge in [0.25, 0.3) is 0 Å². The molecule has 2 aromatic carbocycles.